The summed E-state index contributed by atoms with van der Waals surface area (Å²) in [6.07, 6.45) is 13.3. The largest absolute Gasteiger partial charge is 0.438 e. The van der Waals surface area contributed by atoms with Crippen LogP contribution in [0, 0.1) is 105 Å². The number of H-pyrrole nitrogens is 1. The number of amidine groups is 1. The Morgan fingerprint density at radius 1 is 0.701 bits per heavy atom. The van der Waals surface area contributed by atoms with Crippen molar-refractivity contribution < 1.29 is 40.0 Å². The topological polar surface area (TPSA) is 214 Å². The van der Waals surface area contributed by atoms with Crippen molar-refractivity contribution in [3.8, 4) is 0 Å². The first kappa shape index (κ1) is 49.7. The van der Waals surface area contributed by atoms with Gasteiger partial charge in [-0.05, 0) is 195 Å². The number of hydrogen-bond acceptors (Lipinski definition) is 12. The lowest BCUT2D eigenvalue weighted by Crippen LogP contribution is -2.65. The third-order valence-electron chi connectivity index (χ3n) is 22.6. The molecule has 0 amide bonds. The number of aryl methyl sites for hydroxylation is 1. The molecule has 8 N–H and O–H groups in total. The van der Waals surface area contributed by atoms with Gasteiger partial charge in [0.05, 0.1) is 36.6 Å². The molecule has 1 aliphatic heterocycles. The number of nitrogens with one attached hydrogen (secondary N) is 2. The van der Waals surface area contributed by atoms with Crippen LogP contribution in [0.4, 0.5) is 0 Å². The van der Waals surface area contributed by atoms with Crippen molar-refractivity contribution in [3.05, 3.63) is 28.8 Å². The average Bonchev–Trinajstić information content (AvgIpc) is 4.06. The Morgan fingerprint density at radius 2 is 1.19 bits per heavy atom. The summed E-state index contributed by atoms with van der Waals surface area (Å²) in [4.78, 5) is 23.5. The molecule has 67 heavy (non-hydrogen) atoms. The highest BCUT2D eigenvalue weighted by Gasteiger charge is 2.69. The Kier molecular flexibility index (Phi) is 13.6. The van der Waals surface area contributed by atoms with E-state index in [2.05, 4.69) is 87.1 Å². The van der Waals surface area contributed by atoms with E-state index in [1.54, 1.807) is 0 Å². The molecule has 0 saturated heterocycles. The molecule has 1 aromatic rings. The van der Waals surface area contributed by atoms with Crippen LogP contribution in [0.5, 0.6) is 0 Å². The number of aliphatic imine (C=N–C) groups is 1. The Labute approximate surface area is 399 Å². The van der Waals surface area contributed by atoms with E-state index in [-0.39, 0.29) is 81.2 Å². The van der Waals surface area contributed by atoms with Crippen LogP contribution < -0.4 is 11.2 Å². The number of aliphatic hydroxyl groups is 6. The molecule has 13 nitrogen and oxygen atoms in total. The molecule has 8 saturated carbocycles. The zero-order valence-electron chi connectivity index (χ0n) is 42.1. The molecule has 0 spiro atoms. The summed E-state index contributed by atoms with van der Waals surface area (Å²) in [5, 5.41) is 71.9. The highest BCUT2D eigenvalue weighted by molar-refractivity contribution is 5.83. The molecule has 24 atom stereocenters. The maximum absolute atomic E-state index is 11.8. The zero-order valence-corrected chi connectivity index (χ0v) is 42.1. The average molecular weight is 937 g/mol. The molecule has 8 aliphatic carbocycles. The van der Waals surface area contributed by atoms with E-state index in [4.69, 9.17) is 4.84 Å². The molecule has 2 heterocycles. The van der Waals surface area contributed by atoms with E-state index in [0.717, 1.165) is 109 Å². The van der Waals surface area contributed by atoms with Crippen LogP contribution >= 0.6 is 0 Å². The second kappa shape index (κ2) is 18.4. The monoisotopic (exact) mass is 937 g/mol. The first-order valence-corrected chi connectivity index (χ1v) is 27.0. The fraction of sp³-hybridized carbons (Fsp3) is 0.907. The second-order valence-corrected chi connectivity index (χ2v) is 25.4. The van der Waals surface area contributed by atoms with Gasteiger partial charge < -0.3 is 35.5 Å². The van der Waals surface area contributed by atoms with Crippen LogP contribution in [-0.4, -0.2) is 83.2 Å². The molecule has 0 aromatic carbocycles. The number of nitrogens with zero attached hydrogens (tertiary/aromatic N) is 2. The molecule has 0 radical (unpaired) electrons. The highest BCUT2D eigenvalue weighted by atomic mass is 16.7. The van der Waals surface area contributed by atoms with Crippen LogP contribution in [0.2, 0.25) is 0 Å². The fourth-order valence-electron chi connectivity index (χ4n) is 19.9. The third-order valence-corrected chi connectivity index (χ3v) is 22.6. The van der Waals surface area contributed by atoms with Gasteiger partial charge in [-0.1, -0.05) is 73.4 Å². The van der Waals surface area contributed by atoms with Gasteiger partial charge in [-0.15, -0.1) is 0 Å². The Morgan fingerprint density at radius 3 is 1.63 bits per heavy atom. The summed E-state index contributed by atoms with van der Waals surface area (Å²) in [5.41, 5.74) is 2.88. The standard InChI is InChI=1S/C27H44N2O5.C27H44N2O4/c1-5-16-19-12-15(30)10-11-26(19,3)23-20(31)13-27(4)17(7-8-18(27)22(23)24(16)32)14(2)6-9-21-28-25(33)34-29-21;1-6-17-20-12-16(30)9-10-26(20,4)24-21(31)13-27(5)18(7-8-19(27)23(24)25(17)32)14(2)11-22-28-15(3)33-29-22/h14-20,22-24,30-32H,5-13H2,1-4H3,(H,28,29,33);14,16-21,23-25,30-32H,3,6-13H2,1-2,4-5H3,(H,28,29)/t14-,15-,16-,17-,18?,19+,20+,22?,23?,24-,26+,27-;14-,16-,17-,18-,19?,20+,21+,23?,24?,25-,26+,27-/m11/s1. The molecule has 10 rings (SSSR count). The lowest BCUT2D eigenvalue weighted by molar-refractivity contribution is -0.235. The second-order valence-electron chi connectivity index (χ2n) is 25.4. The van der Waals surface area contributed by atoms with Gasteiger partial charge in [0, 0.05) is 12.8 Å². The van der Waals surface area contributed by atoms with Crippen LogP contribution in [0.25, 0.3) is 0 Å². The summed E-state index contributed by atoms with van der Waals surface area (Å²) >= 11 is 0. The summed E-state index contributed by atoms with van der Waals surface area (Å²) < 4.78 is 4.66. The van der Waals surface area contributed by atoms with Crippen molar-refractivity contribution in [1.82, 2.24) is 15.6 Å². The van der Waals surface area contributed by atoms with E-state index >= 15 is 0 Å². The van der Waals surface area contributed by atoms with Crippen molar-refractivity contribution in [3.63, 3.8) is 0 Å². The molecule has 6 unspecified atom stereocenters. The minimum absolute atomic E-state index is 0.00550. The van der Waals surface area contributed by atoms with Crippen molar-refractivity contribution in [2.45, 2.75) is 201 Å². The number of rotatable bonds is 9. The van der Waals surface area contributed by atoms with Gasteiger partial charge in [-0.25, -0.2) is 10.3 Å². The molecule has 1 aromatic heterocycles. The minimum atomic E-state index is -0.504. The minimum Gasteiger partial charge on any atom is -0.393 e. The van der Waals surface area contributed by atoms with Gasteiger partial charge in [-0.3, -0.25) is 9.51 Å². The van der Waals surface area contributed by atoms with Crippen LogP contribution in [0.15, 0.2) is 26.8 Å². The molecule has 378 valence electrons. The van der Waals surface area contributed by atoms with Crippen LogP contribution in [0.3, 0.4) is 0 Å². The predicted molar refractivity (Wildman–Crippen MR) is 256 cm³/mol. The van der Waals surface area contributed by atoms with Gasteiger partial charge in [0.25, 0.3) is 0 Å². The Balaban J connectivity index is 0.000000168. The fourth-order valence-corrected chi connectivity index (χ4v) is 19.9. The lowest BCUT2D eigenvalue weighted by Gasteiger charge is -2.66. The summed E-state index contributed by atoms with van der Waals surface area (Å²) in [5.74, 6) is 5.43. The summed E-state index contributed by atoms with van der Waals surface area (Å²) in [7, 11) is 0. The Hall–Kier alpha value is -2.29. The van der Waals surface area contributed by atoms with E-state index in [1.165, 1.54) is 0 Å². The van der Waals surface area contributed by atoms with Gasteiger partial charge >= 0.3 is 5.76 Å². The molecule has 9 aliphatic rings. The van der Waals surface area contributed by atoms with Crippen molar-refractivity contribution in [1.29, 1.82) is 0 Å². The number of aromatic amines is 1. The normalized spacial score (nSPS) is 50.7. The highest BCUT2D eigenvalue weighted by Crippen LogP contribution is 2.71. The molecule has 13 heteroatoms. The molecule has 8 fully saturated rings. The van der Waals surface area contributed by atoms with Crippen molar-refractivity contribution in [2.24, 2.45) is 110 Å². The van der Waals surface area contributed by atoms with E-state index < -0.39 is 30.2 Å². The summed E-state index contributed by atoms with van der Waals surface area (Å²) in [6.45, 7) is 22.2. The first-order valence-electron chi connectivity index (χ1n) is 27.0. The van der Waals surface area contributed by atoms with Crippen LogP contribution in [-0.2, 0) is 11.3 Å². The molecule has 0 bridgehead atoms. The number of aliphatic hydroxyl groups excluding tert-OH is 6. The quantitative estimate of drug-likeness (QED) is 0.121. The lowest BCUT2D eigenvalue weighted by atomic mass is 9.40. The van der Waals surface area contributed by atoms with Crippen molar-refractivity contribution >= 4 is 5.84 Å². The zero-order chi connectivity index (χ0) is 48.1. The van der Waals surface area contributed by atoms with Gasteiger partial charge in [0.2, 0.25) is 5.88 Å². The number of hydroxylamine groups is 1. The number of hydrogen-bond donors (Lipinski definition) is 8. The number of aromatic nitrogens is 2. The van der Waals surface area contributed by atoms with E-state index in [1.807, 2.05) is 0 Å². The van der Waals surface area contributed by atoms with Gasteiger partial charge in [0.1, 0.15) is 5.84 Å². The first-order chi connectivity index (χ1) is 31.7. The maximum atomic E-state index is 11.8. The molecular formula is C54H88N4O9. The smallest absolute Gasteiger partial charge is 0.393 e. The van der Waals surface area contributed by atoms with Gasteiger partial charge in [0.15, 0.2) is 5.82 Å². The van der Waals surface area contributed by atoms with Gasteiger partial charge in [-0.2, -0.15) is 4.99 Å². The third kappa shape index (κ3) is 8.13. The van der Waals surface area contributed by atoms with Crippen LogP contribution in [0.1, 0.15) is 164 Å². The Bertz CT molecular complexity index is 2030. The number of fused-ring (bicyclic) bond motifs is 10. The SMILES string of the molecule is C=C1N=C(C[C@@H](C)[C@H]2CCC3C4C([C@@H](O)C[C@@]32C)[C@@]2(C)CC[C@@H](O)C[C@H]2[C@@H](CC)[C@H]4O)NO1.CC[C@H]1[C@@H](O)C2C3CC[C@H]([C@H](C)CCc4noc(=O)[nH]4)[C@@]3(C)C[C@H](O)C2[C@@]2(C)CC[C@@H](O)C[C@@H]12. The summed E-state index contributed by atoms with van der Waals surface area (Å²) in [6, 6.07) is 0. The predicted octanol–water partition coefficient (Wildman–Crippen LogP) is 7.54. The van der Waals surface area contributed by atoms with Crippen molar-refractivity contribution in [2.75, 3.05) is 0 Å². The molecular weight excluding hydrogens is 849 g/mol. The van der Waals surface area contributed by atoms with E-state index in [9.17, 15) is 35.4 Å². The van der Waals surface area contributed by atoms with E-state index in [0.29, 0.717) is 53.6 Å². The maximum Gasteiger partial charge on any atom is 0.438 e.